The summed E-state index contributed by atoms with van der Waals surface area (Å²) in [4.78, 5) is 9.30. The van der Waals surface area contributed by atoms with Gasteiger partial charge in [-0.3, -0.25) is 4.89 Å². The molecule has 1 N–H and O–H groups in total. The van der Waals surface area contributed by atoms with E-state index in [0.29, 0.717) is 18.4 Å². The van der Waals surface area contributed by atoms with Crippen LogP contribution in [0.25, 0.3) is 0 Å². The van der Waals surface area contributed by atoms with Gasteiger partial charge in [0.05, 0.1) is 12.2 Å². The highest BCUT2D eigenvalue weighted by atomic mass is 19.1. The van der Waals surface area contributed by atoms with Gasteiger partial charge >= 0.3 is 7.48 Å². The van der Waals surface area contributed by atoms with Gasteiger partial charge in [0.2, 0.25) is 0 Å². The van der Waals surface area contributed by atoms with Gasteiger partial charge in [0, 0.05) is 11.4 Å². The summed E-state index contributed by atoms with van der Waals surface area (Å²) >= 11 is 0. The molecule has 3 rings (SSSR count). The van der Waals surface area contributed by atoms with Gasteiger partial charge in [0.25, 0.3) is 0 Å². The van der Waals surface area contributed by atoms with E-state index in [0.717, 1.165) is 0 Å². The van der Waals surface area contributed by atoms with Crippen molar-refractivity contribution in [1.29, 1.82) is 0 Å². The molecule has 0 radical (unpaired) electrons. The lowest BCUT2D eigenvalue weighted by Crippen LogP contribution is -2.13. The lowest BCUT2D eigenvalue weighted by Gasteiger charge is -2.13. The molecule has 17 heavy (non-hydrogen) atoms. The summed E-state index contributed by atoms with van der Waals surface area (Å²) in [5, 5.41) is 9.82. The van der Waals surface area contributed by atoms with Crippen molar-refractivity contribution >= 4 is 7.48 Å². The summed E-state index contributed by atoms with van der Waals surface area (Å²) < 4.78 is 27.7. The first-order chi connectivity index (χ1) is 8.10. The van der Waals surface area contributed by atoms with Crippen LogP contribution in [0.3, 0.4) is 0 Å². The van der Waals surface area contributed by atoms with Gasteiger partial charge in [0.1, 0.15) is 11.6 Å². The lowest BCUT2D eigenvalue weighted by atomic mass is 9.76. The summed E-state index contributed by atoms with van der Waals surface area (Å²) in [6.07, 6.45) is 1.11. The summed E-state index contributed by atoms with van der Waals surface area (Å²) in [5.74, 6) is -1.70. The second-order valence-corrected chi connectivity index (χ2v) is 4.65. The number of hydrogen-bond acceptors (Lipinski definition) is 3. The highest BCUT2D eigenvalue weighted by Gasteiger charge is 2.43. The number of halogens is 2. The predicted molar refractivity (Wildman–Crippen MR) is 56.4 cm³/mol. The number of hydrogen-bond donors (Lipinski definition) is 1. The van der Waals surface area contributed by atoms with Crippen LogP contribution in [0.5, 0.6) is 0 Å². The molecule has 90 valence electrons. The van der Waals surface area contributed by atoms with Crippen molar-refractivity contribution in [2.45, 2.75) is 24.3 Å². The minimum absolute atomic E-state index is 0.0181. The van der Waals surface area contributed by atoms with Gasteiger partial charge in [0.15, 0.2) is 0 Å². The smallest absolute Gasteiger partial charge is 0.333 e. The zero-order valence-corrected chi connectivity index (χ0v) is 9.08. The topological polar surface area (TPSA) is 38.7 Å². The summed E-state index contributed by atoms with van der Waals surface area (Å²) in [5.41, 5.74) is -0.727. The highest BCUT2D eigenvalue weighted by molar-refractivity contribution is 6.30. The van der Waals surface area contributed by atoms with Crippen molar-refractivity contribution in [3.05, 3.63) is 34.9 Å². The Morgan fingerprint density at radius 3 is 2.41 bits per heavy atom. The molecule has 1 atom stereocenters. The SMILES string of the molecule is OC1(c2cc(F)c(C3BOOC3)c(F)c2)CC1. The fourth-order valence-electron chi connectivity index (χ4n) is 2.13. The first-order valence-corrected chi connectivity index (χ1v) is 5.56. The molecular formula is C11H11BF2O3. The molecular weight excluding hydrogens is 229 g/mol. The maximum absolute atomic E-state index is 13.9. The number of benzene rings is 1. The Kier molecular flexibility index (Phi) is 2.46. The van der Waals surface area contributed by atoms with Crippen LogP contribution in [0.15, 0.2) is 12.1 Å². The fourth-order valence-corrected chi connectivity index (χ4v) is 2.13. The fraction of sp³-hybridized carbons (Fsp3) is 0.455. The first kappa shape index (κ1) is 11.1. The van der Waals surface area contributed by atoms with Gasteiger partial charge in [-0.2, -0.15) is 0 Å². The van der Waals surface area contributed by atoms with E-state index in [4.69, 9.17) is 0 Å². The summed E-state index contributed by atoms with van der Waals surface area (Å²) in [6.45, 7) is 0.150. The second kappa shape index (κ2) is 3.76. The molecule has 1 unspecified atom stereocenters. The molecule has 0 bridgehead atoms. The Labute approximate surface area is 97.5 Å². The van der Waals surface area contributed by atoms with E-state index in [1.807, 2.05) is 0 Å². The monoisotopic (exact) mass is 240 g/mol. The van der Waals surface area contributed by atoms with Crippen LogP contribution in [0, 0.1) is 11.6 Å². The zero-order chi connectivity index (χ0) is 12.0. The molecule has 0 aromatic heterocycles. The van der Waals surface area contributed by atoms with Gasteiger partial charge in [-0.1, -0.05) is 0 Å². The Morgan fingerprint density at radius 2 is 1.94 bits per heavy atom. The van der Waals surface area contributed by atoms with E-state index in [-0.39, 0.29) is 19.7 Å². The lowest BCUT2D eigenvalue weighted by molar-refractivity contribution is -0.183. The van der Waals surface area contributed by atoms with Gasteiger partial charge in [-0.05, 0) is 30.5 Å². The third kappa shape index (κ3) is 1.86. The average molecular weight is 240 g/mol. The van der Waals surface area contributed by atoms with Gasteiger partial charge < -0.3 is 9.91 Å². The molecule has 1 aromatic rings. The van der Waals surface area contributed by atoms with Crippen LogP contribution in [-0.4, -0.2) is 19.2 Å². The second-order valence-electron chi connectivity index (χ2n) is 4.65. The molecule has 1 saturated carbocycles. The molecule has 0 spiro atoms. The van der Waals surface area contributed by atoms with Gasteiger partial charge in [-0.15, -0.1) is 0 Å². The van der Waals surface area contributed by atoms with Crippen LogP contribution in [0.2, 0.25) is 0 Å². The van der Waals surface area contributed by atoms with Crippen LogP contribution < -0.4 is 0 Å². The maximum atomic E-state index is 13.9. The van der Waals surface area contributed by atoms with Crippen LogP contribution in [-0.2, 0) is 15.3 Å². The normalized spacial score (nSPS) is 25.7. The number of aliphatic hydroxyl groups is 1. The van der Waals surface area contributed by atoms with E-state index in [1.54, 1.807) is 0 Å². The molecule has 1 heterocycles. The Morgan fingerprint density at radius 1 is 1.29 bits per heavy atom. The quantitative estimate of drug-likeness (QED) is 0.625. The molecule has 3 nitrogen and oxygen atoms in total. The largest absolute Gasteiger partial charge is 0.385 e. The third-order valence-electron chi connectivity index (χ3n) is 3.37. The van der Waals surface area contributed by atoms with E-state index in [2.05, 4.69) is 9.69 Å². The van der Waals surface area contributed by atoms with Crippen LogP contribution in [0.1, 0.15) is 29.8 Å². The van der Waals surface area contributed by atoms with Crippen molar-refractivity contribution in [2.24, 2.45) is 0 Å². The Hall–Kier alpha value is -0.975. The molecule has 1 aromatic carbocycles. The Balaban J connectivity index is 1.99. The van der Waals surface area contributed by atoms with Crippen LogP contribution >= 0.6 is 0 Å². The molecule has 2 fully saturated rings. The van der Waals surface area contributed by atoms with E-state index in [9.17, 15) is 13.9 Å². The third-order valence-corrected chi connectivity index (χ3v) is 3.37. The highest BCUT2D eigenvalue weighted by Crippen LogP contribution is 2.46. The van der Waals surface area contributed by atoms with Crippen molar-refractivity contribution in [3.8, 4) is 0 Å². The Bertz CT molecular complexity index is 433. The maximum Gasteiger partial charge on any atom is 0.333 e. The molecule has 6 heteroatoms. The minimum Gasteiger partial charge on any atom is -0.385 e. The molecule has 1 aliphatic heterocycles. The molecule has 0 amide bonds. The van der Waals surface area contributed by atoms with Crippen LogP contribution in [0.4, 0.5) is 8.78 Å². The minimum atomic E-state index is -1.02. The van der Waals surface area contributed by atoms with E-state index >= 15 is 0 Å². The van der Waals surface area contributed by atoms with Crippen molar-refractivity contribution in [3.63, 3.8) is 0 Å². The van der Waals surface area contributed by atoms with Crippen molar-refractivity contribution in [2.75, 3.05) is 6.61 Å². The molecule has 1 saturated heterocycles. The summed E-state index contributed by atoms with van der Waals surface area (Å²) in [6, 6.07) is 2.42. The average Bonchev–Trinajstić information content (AvgIpc) is 2.82. The zero-order valence-electron chi connectivity index (χ0n) is 9.08. The van der Waals surface area contributed by atoms with Crippen molar-refractivity contribution in [1.82, 2.24) is 0 Å². The number of rotatable bonds is 2. The summed E-state index contributed by atoms with van der Waals surface area (Å²) in [7, 11) is 0.150. The van der Waals surface area contributed by atoms with E-state index < -0.39 is 23.1 Å². The van der Waals surface area contributed by atoms with Gasteiger partial charge in [-0.25, -0.2) is 8.78 Å². The first-order valence-electron chi connectivity index (χ1n) is 5.56. The molecule has 2 aliphatic rings. The molecule has 1 aliphatic carbocycles. The predicted octanol–water partition coefficient (Wildman–Crippen LogP) is 1.30. The van der Waals surface area contributed by atoms with Crippen molar-refractivity contribution < 1.29 is 23.6 Å². The van der Waals surface area contributed by atoms with E-state index in [1.165, 1.54) is 12.1 Å². The standard InChI is InChI=1S/C11H11BF2O3/c13-8-3-6(11(15)1-2-11)4-9(14)10(8)7-5-16-17-12-7/h3-4,7,12,15H,1-2,5H2.